The molecule has 0 aliphatic heterocycles. The number of nitrogens with one attached hydrogen (secondary N) is 3. The van der Waals surface area contributed by atoms with Gasteiger partial charge < -0.3 is 21.1 Å². The molecule has 0 bridgehead atoms. The first kappa shape index (κ1) is 16.2. The van der Waals surface area contributed by atoms with Crippen molar-refractivity contribution in [1.29, 1.82) is 0 Å². The molecule has 4 N–H and O–H groups in total. The molecule has 0 radical (unpaired) electrons. The van der Waals surface area contributed by atoms with Crippen molar-refractivity contribution in [2.75, 3.05) is 18.4 Å². The van der Waals surface area contributed by atoms with Gasteiger partial charge in [0.15, 0.2) is 5.78 Å². The van der Waals surface area contributed by atoms with Crippen molar-refractivity contribution in [3.05, 3.63) is 29.8 Å². The standard InChI is InChI=1S/C13H15N3O5/c1-8(17)9-3-2-4-10(5-9)16-13(21)15-6-11(18)14-7-12(19)20/h2-5H,6-7H2,1H3,(H,14,18)(H,19,20)(H2,15,16,21). The highest BCUT2D eigenvalue weighted by atomic mass is 16.4. The zero-order valence-corrected chi connectivity index (χ0v) is 11.3. The lowest BCUT2D eigenvalue weighted by Gasteiger charge is -2.08. The number of rotatable bonds is 6. The molecule has 0 saturated heterocycles. The molecule has 8 heteroatoms. The van der Waals surface area contributed by atoms with Crippen LogP contribution in [0.3, 0.4) is 0 Å². The van der Waals surface area contributed by atoms with Crippen LogP contribution in [0.25, 0.3) is 0 Å². The van der Waals surface area contributed by atoms with E-state index in [4.69, 9.17) is 5.11 Å². The normalized spacial score (nSPS) is 9.57. The summed E-state index contributed by atoms with van der Waals surface area (Å²) in [6.45, 7) is 0.542. The molecule has 1 aromatic rings. The van der Waals surface area contributed by atoms with Crippen LogP contribution in [0.2, 0.25) is 0 Å². The van der Waals surface area contributed by atoms with Gasteiger partial charge in [-0.3, -0.25) is 14.4 Å². The van der Waals surface area contributed by atoms with Gasteiger partial charge in [-0.05, 0) is 19.1 Å². The van der Waals surface area contributed by atoms with Gasteiger partial charge in [0.25, 0.3) is 0 Å². The summed E-state index contributed by atoms with van der Waals surface area (Å²) in [5, 5.41) is 15.2. The summed E-state index contributed by atoms with van der Waals surface area (Å²) in [5.74, 6) is -1.93. The van der Waals surface area contributed by atoms with Crippen LogP contribution in [-0.2, 0) is 9.59 Å². The summed E-state index contributed by atoms with van der Waals surface area (Å²) in [7, 11) is 0. The Labute approximate surface area is 120 Å². The third kappa shape index (κ3) is 6.19. The number of hydrogen-bond donors (Lipinski definition) is 4. The molecule has 21 heavy (non-hydrogen) atoms. The van der Waals surface area contributed by atoms with Gasteiger partial charge in [-0.25, -0.2) is 4.79 Å². The summed E-state index contributed by atoms with van der Waals surface area (Å²) in [6, 6.07) is 5.70. The molecule has 0 saturated carbocycles. The van der Waals surface area contributed by atoms with Crippen molar-refractivity contribution < 1.29 is 24.3 Å². The number of hydrogen-bond acceptors (Lipinski definition) is 4. The van der Waals surface area contributed by atoms with Gasteiger partial charge in [0.1, 0.15) is 6.54 Å². The molecule has 0 aliphatic rings. The van der Waals surface area contributed by atoms with Gasteiger partial charge in [0.05, 0.1) is 6.54 Å². The number of carbonyl (C=O) groups is 4. The first-order valence-corrected chi connectivity index (χ1v) is 6.03. The number of benzene rings is 1. The highest BCUT2D eigenvalue weighted by Gasteiger charge is 2.07. The molecule has 1 rings (SSSR count). The Balaban J connectivity index is 2.43. The second kappa shape index (κ2) is 7.63. The fraction of sp³-hybridized carbons (Fsp3) is 0.231. The maximum atomic E-state index is 11.5. The summed E-state index contributed by atoms with van der Waals surface area (Å²) in [4.78, 5) is 44.1. The van der Waals surface area contributed by atoms with E-state index in [9.17, 15) is 19.2 Å². The van der Waals surface area contributed by atoms with E-state index in [1.54, 1.807) is 18.2 Å². The molecule has 0 aromatic heterocycles. The van der Waals surface area contributed by atoms with Gasteiger partial charge in [-0.2, -0.15) is 0 Å². The third-order valence-electron chi connectivity index (χ3n) is 2.37. The largest absolute Gasteiger partial charge is 0.480 e. The first-order chi connectivity index (χ1) is 9.88. The highest BCUT2D eigenvalue weighted by Crippen LogP contribution is 2.10. The lowest BCUT2D eigenvalue weighted by Crippen LogP contribution is -2.40. The minimum Gasteiger partial charge on any atom is -0.480 e. The van der Waals surface area contributed by atoms with Crippen molar-refractivity contribution in [2.24, 2.45) is 0 Å². The molecule has 3 amide bonds. The fourth-order valence-electron chi connectivity index (χ4n) is 1.39. The Kier molecular flexibility index (Phi) is 5.87. The van der Waals surface area contributed by atoms with E-state index in [0.29, 0.717) is 11.3 Å². The molecule has 8 nitrogen and oxygen atoms in total. The Bertz CT molecular complexity index is 571. The average Bonchev–Trinajstić information content (AvgIpc) is 2.43. The van der Waals surface area contributed by atoms with Gasteiger partial charge in [-0.1, -0.05) is 12.1 Å². The highest BCUT2D eigenvalue weighted by molar-refractivity contribution is 5.97. The second-order valence-corrected chi connectivity index (χ2v) is 4.12. The Hall–Kier alpha value is -2.90. The third-order valence-corrected chi connectivity index (χ3v) is 2.37. The number of ketones is 1. The molecule has 0 unspecified atom stereocenters. The van der Waals surface area contributed by atoms with E-state index >= 15 is 0 Å². The monoisotopic (exact) mass is 293 g/mol. The van der Waals surface area contributed by atoms with Crippen LogP contribution in [0.5, 0.6) is 0 Å². The minimum atomic E-state index is -1.17. The number of urea groups is 1. The van der Waals surface area contributed by atoms with E-state index < -0.39 is 24.5 Å². The van der Waals surface area contributed by atoms with Crippen LogP contribution < -0.4 is 16.0 Å². The van der Waals surface area contributed by atoms with E-state index in [1.807, 2.05) is 0 Å². The maximum Gasteiger partial charge on any atom is 0.322 e. The maximum absolute atomic E-state index is 11.5. The van der Waals surface area contributed by atoms with E-state index in [-0.39, 0.29) is 12.3 Å². The number of carbonyl (C=O) groups excluding carboxylic acids is 3. The predicted molar refractivity (Wildman–Crippen MR) is 74.1 cm³/mol. The lowest BCUT2D eigenvalue weighted by atomic mass is 10.1. The fourth-order valence-corrected chi connectivity index (χ4v) is 1.39. The quantitative estimate of drug-likeness (QED) is 0.558. The number of amides is 3. The van der Waals surface area contributed by atoms with E-state index in [1.165, 1.54) is 13.0 Å². The van der Waals surface area contributed by atoms with Crippen LogP contribution in [0.4, 0.5) is 10.5 Å². The summed E-state index contributed by atoms with van der Waals surface area (Å²) in [5.41, 5.74) is 0.859. The number of Topliss-reactive ketones (excluding diaryl/α,β-unsaturated/α-hetero) is 1. The molecule has 0 aliphatic carbocycles. The van der Waals surface area contributed by atoms with Crippen molar-refractivity contribution in [2.45, 2.75) is 6.92 Å². The van der Waals surface area contributed by atoms with Crippen molar-refractivity contribution >= 4 is 29.4 Å². The van der Waals surface area contributed by atoms with Gasteiger partial charge in [0.2, 0.25) is 5.91 Å². The van der Waals surface area contributed by atoms with Crippen molar-refractivity contribution in [1.82, 2.24) is 10.6 Å². The molecule has 0 fully saturated rings. The Morgan fingerprint density at radius 1 is 1.10 bits per heavy atom. The second-order valence-electron chi connectivity index (χ2n) is 4.12. The smallest absolute Gasteiger partial charge is 0.322 e. The zero-order valence-electron chi connectivity index (χ0n) is 11.3. The molecule has 0 spiro atoms. The van der Waals surface area contributed by atoms with Crippen LogP contribution in [0.1, 0.15) is 17.3 Å². The van der Waals surface area contributed by atoms with E-state index in [2.05, 4.69) is 16.0 Å². The van der Waals surface area contributed by atoms with Crippen molar-refractivity contribution in [3.8, 4) is 0 Å². The zero-order chi connectivity index (χ0) is 15.8. The van der Waals surface area contributed by atoms with Crippen molar-refractivity contribution in [3.63, 3.8) is 0 Å². The van der Waals surface area contributed by atoms with Gasteiger partial charge in [0, 0.05) is 11.3 Å². The number of carboxylic acid groups (broad SMARTS) is 1. The molecular weight excluding hydrogens is 278 g/mol. The molecule has 112 valence electrons. The number of carboxylic acids is 1. The number of anilines is 1. The van der Waals surface area contributed by atoms with Gasteiger partial charge in [-0.15, -0.1) is 0 Å². The Morgan fingerprint density at radius 3 is 2.43 bits per heavy atom. The lowest BCUT2D eigenvalue weighted by molar-refractivity contribution is -0.137. The molecular formula is C13H15N3O5. The topological polar surface area (TPSA) is 125 Å². The summed E-state index contributed by atoms with van der Waals surface area (Å²) in [6.07, 6.45) is 0. The number of aliphatic carboxylic acids is 1. The Morgan fingerprint density at radius 2 is 1.81 bits per heavy atom. The van der Waals surface area contributed by atoms with Crippen LogP contribution in [0.15, 0.2) is 24.3 Å². The molecule has 0 atom stereocenters. The molecule has 0 heterocycles. The first-order valence-electron chi connectivity index (χ1n) is 6.03. The SMILES string of the molecule is CC(=O)c1cccc(NC(=O)NCC(=O)NCC(=O)O)c1. The van der Waals surface area contributed by atoms with E-state index in [0.717, 1.165) is 0 Å². The molecule has 1 aromatic carbocycles. The average molecular weight is 293 g/mol. The van der Waals surface area contributed by atoms with Crippen LogP contribution in [0, 0.1) is 0 Å². The predicted octanol–water partition coefficient (Wildman–Crippen LogP) is 0.211. The summed E-state index contributed by atoms with van der Waals surface area (Å²) < 4.78 is 0. The van der Waals surface area contributed by atoms with Gasteiger partial charge >= 0.3 is 12.0 Å². The van der Waals surface area contributed by atoms with Crippen LogP contribution in [-0.4, -0.2) is 41.9 Å². The summed E-state index contributed by atoms with van der Waals surface area (Å²) >= 11 is 0. The minimum absolute atomic E-state index is 0.132. The van der Waals surface area contributed by atoms with Crippen LogP contribution >= 0.6 is 0 Å².